The van der Waals surface area contributed by atoms with Crippen LogP contribution in [0.3, 0.4) is 0 Å². The van der Waals surface area contributed by atoms with Crippen LogP contribution in [0.25, 0.3) is 0 Å². The maximum atomic E-state index is 10.9. The lowest BCUT2D eigenvalue weighted by molar-refractivity contribution is -0.140. The van der Waals surface area contributed by atoms with Crippen LogP contribution in [0, 0.1) is 0 Å². The Labute approximate surface area is 110 Å². The second kappa shape index (κ2) is 11.4. The van der Waals surface area contributed by atoms with E-state index in [0.29, 0.717) is 19.5 Å². The molecule has 0 unspecified atom stereocenters. The van der Waals surface area contributed by atoms with Gasteiger partial charge in [-0.2, -0.15) is 0 Å². The van der Waals surface area contributed by atoms with Crippen molar-refractivity contribution in [2.75, 3.05) is 67.0 Å². The van der Waals surface area contributed by atoms with Crippen LogP contribution in [0.1, 0.15) is 6.42 Å². The summed E-state index contributed by atoms with van der Waals surface area (Å²) in [6, 6.07) is 0. The molecular weight excluding hydrogens is 232 g/mol. The monoisotopic (exact) mass is 260 g/mol. The summed E-state index contributed by atoms with van der Waals surface area (Å²) in [5.41, 5.74) is 5.48. The fourth-order valence-corrected chi connectivity index (χ4v) is 1.47. The number of carbonyl (C=O) groups is 1. The van der Waals surface area contributed by atoms with Gasteiger partial charge in [-0.15, -0.1) is 0 Å². The lowest BCUT2D eigenvalue weighted by Crippen LogP contribution is -2.36. The Bertz CT molecular complexity index is 214. The topological polar surface area (TPSA) is 70.8 Å². The molecule has 6 heteroatoms. The molecule has 0 aliphatic rings. The second-order valence-electron chi connectivity index (χ2n) is 4.47. The third kappa shape index (κ3) is 10.5. The van der Waals surface area contributed by atoms with Gasteiger partial charge in [-0.05, 0) is 14.1 Å². The number of likely N-dealkylation sites (N-methyl/N-ethyl adjacent to an activating group) is 2. The van der Waals surface area contributed by atoms with E-state index in [9.17, 15) is 4.79 Å². The lowest BCUT2D eigenvalue weighted by Gasteiger charge is -2.21. The molecule has 0 bridgehead atoms. The van der Waals surface area contributed by atoms with E-state index in [-0.39, 0.29) is 5.97 Å². The Morgan fingerprint density at radius 1 is 1.11 bits per heavy atom. The van der Waals surface area contributed by atoms with Gasteiger partial charge in [0.05, 0.1) is 13.5 Å². The summed E-state index contributed by atoms with van der Waals surface area (Å²) in [7, 11) is 5.58. The average Bonchev–Trinajstić information content (AvgIpc) is 2.36. The zero-order valence-electron chi connectivity index (χ0n) is 11.9. The van der Waals surface area contributed by atoms with E-state index in [4.69, 9.17) is 5.73 Å². The van der Waals surface area contributed by atoms with E-state index in [1.54, 1.807) is 0 Å². The molecule has 0 saturated carbocycles. The largest absolute Gasteiger partial charge is 0.469 e. The second-order valence-corrected chi connectivity index (χ2v) is 4.47. The number of methoxy groups -OCH3 is 1. The van der Waals surface area contributed by atoms with Gasteiger partial charge in [-0.25, -0.2) is 0 Å². The molecule has 0 spiro atoms. The molecule has 0 aromatic carbocycles. The molecule has 0 radical (unpaired) electrons. The smallest absolute Gasteiger partial charge is 0.306 e. The van der Waals surface area contributed by atoms with Crippen molar-refractivity contribution in [3.63, 3.8) is 0 Å². The molecule has 0 saturated heterocycles. The first-order valence-corrected chi connectivity index (χ1v) is 6.44. The van der Waals surface area contributed by atoms with Crippen LogP contribution in [-0.4, -0.2) is 82.8 Å². The highest BCUT2D eigenvalue weighted by Gasteiger charge is 2.02. The van der Waals surface area contributed by atoms with Gasteiger partial charge >= 0.3 is 5.97 Å². The van der Waals surface area contributed by atoms with Gasteiger partial charge in [0.2, 0.25) is 0 Å². The van der Waals surface area contributed by atoms with Gasteiger partial charge in [0.15, 0.2) is 0 Å². The van der Waals surface area contributed by atoms with Gasteiger partial charge in [0, 0.05) is 45.8 Å². The van der Waals surface area contributed by atoms with Crippen molar-refractivity contribution in [3.05, 3.63) is 0 Å². The van der Waals surface area contributed by atoms with Crippen molar-refractivity contribution in [1.29, 1.82) is 0 Å². The number of nitrogens with one attached hydrogen (secondary N) is 1. The minimum Gasteiger partial charge on any atom is -0.469 e. The Hall–Kier alpha value is -0.690. The van der Waals surface area contributed by atoms with Crippen LogP contribution in [0.5, 0.6) is 0 Å². The average molecular weight is 260 g/mol. The summed E-state index contributed by atoms with van der Waals surface area (Å²) in [5, 5.41) is 3.22. The molecule has 3 N–H and O–H groups in total. The molecule has 0 aliphatic heterocycles. The van der Waals surface area contributed by atoms with E-state index >= 15 is 0 Å². The summed E-state index contributed by atoms with van der Waals surface area (Å²) in [6.45, 7) is 6.21. The standard InChI is InChI=1S/C12H28N4O2/c1-15(8-5-13)10-11-16(2)9-7-14-6-4-12(17)18-3/h14H,4-11,13H2,1-3H3. The van der Waals surface area contributed by atoms with E-state index in [1.807, 2.05) is 0 Å². The molecular formula is C12H28N4O2. The van der Waals surface area contributed by atoms with Crippen molar-refractivity contribution in [2.24, 2.45) is 5.73 Å². The van der Waals surface area contributed by atoms with Crippen molar-refractivity contribution >= 4 is 5.97 Å². The van der Waals surface area contributed by atoms with E-state index in [1.165, 1.54) is 7.11 Å². The zero-order chi connectivity index (χ0) is 13.8. The van der Waals surface area contributed by atoms with Crippen molar-refractivity contribution in [2.45, 2.75) is 6.42 Å². The fraction of sp³-hybridized carbons (Fsp3) is 0.917. The highest BCUT2D eigenvalue weighted by atomic mass is 16.5. The van der Waals surface area contributed by atoms with Crippen molar-refractivity contribution in [3.8, 4) is 0 Å². The maximum absolute atomic E-state index is 10.9. The van der Waals surface area contributed by atoms with E-state index in [2.05, 4.69) is 33.9 Å². The molecule has 0 amide bonds. The Morgan fingerprint density at radius 2 is 1.72 bits per heavy atom. The molecule has 108 valence electrons. The van der Waals surface area contributed by atoms with Crippen LogP contribution in [0.15, 0.2) is 0 Å². The molecule has 0 fully saturated rings. The Balaban J connectivity index is 3.36. The van der Waals surface area contributed by atoms with Gasteiger partial charge < -0.3 is 25.6 Å². The molecule has 0 heterocycles. The molecule has 0 atom stereocenters. The third-order valence-corrected chi connectivity index (χ3v) is 2.78. The molecule has 18 heavy (non-hydrogen) atoms. The van der Waals surface area contributed by atoms with Crippen LogP contribution < -0.4 is 11.1 Å². The summed E-state index contributed by atoms with van der Waals surface area (Å²) in [5.74, 6) is -0.167. The molecule has 6 nitrogen and oxygen atoms in total. The number of nitrogens with two attached hydrogens (primary N) is 1. The van der Waals surface area contributed by atoms with Crippen LogP contribution in [0.4, 0.5) is 0 Å². The van der Waals surface area contributed by atoms with Gasteiger partial charge in [0.1, 0.15) is 0 Å². The first-order valence-electron chi connectivity index (χ1n) is 6.44. The molecule has 0 aromatic heterocycles. The number of esters is 1. The number of ether oxygens (including phenoxy) is 1. The summed E-state index contributed by atoms with van der Waals surface area (Å²) >= 11 is 0. The number of rotatable bonds is 11. The van der Waals surface area contributed by atoms with Crippen LogP contribution in [-0.2, 0) is 9.53 Å². The minimum atomic E-state index is -0.167. The summed E-state index contributed by atoms with van der Waals surface area (Å²) in [4.78, 5) is 15.3. The zero-order valence-corrected chi connectivity index (χ0v) is 11.9. The molecule has 0 aromatic rings. The SMILES string of the molecule is COC(=O)CCNCCN(C)CCN(C)CCN. The number of nitrogens with zero attached hydrogens (tertiary/aromatic N) is 2. The van der Waals surface area contributed by atoms with Gasteiger partial charge in [-0.1, -0.05) is 0 Å². The van der Waals surface area contributed by atoms with Gasteiger partial charge in [0.25, 0.3) is 0 Å². The summed E-state index contributed by atoms with van der Waals surface area (Å²) in [6.07, 6.45) is 0.430. The molecule has 0 rings (SSSR count). The predicted molar refractivity (Wildman–Crippen MR) is 73.6 cm³/mol. The molecule has 0 aliphatic carbocycles. The van der Waals surface area contributed by atoms with Crippen molar-refractivity contribution in [1.82, 2.24) is 15.1 Å². The minimum absolute atomic E-state index is 0.167. The summed E-state index contributed by atoms with van der Waals surface area (Å²) < 4.78 is 4.56. The first-order chi connectivity index (χ1) is 8.60. The van der Waals surface area contributed by atoms with Crippen LogP contribution >= 0.6 is 0 Å². The van der Waals surface area contributed by atoms with Crippen molar-refractivity contribution < 1.29 is 9.53 Å². The quantitative estimate of drug-likeness (QED) is 0.365. The number of hydrogen-bond donors (Lipinski definition) is 2. The van der Waals surface area contributed by atoms with E-state index < -0.39 is 0 Å². The number of carbonyl (C=O) groups excluding carboxylic acids is 1. The fourth-order valence-electron chi connectivity index (χ4n) is 1.47. The maximum Gasteiger partial charge on any atom is 0.306 e. The van der Waals surface area contributed by atoms with Crippen LogP contribution in [0.2, 0.25) is 0 Å². The predicted octanol–water partition coefficient (Wildman–Crippen LogP) is -1.04. The first kappa shape index (κ1) is 17.3. The lowest BCUT2D eigenvalue weighted by atomic mass is 10.4. The third-order valence-electron chi connectivity index (χ3n) is 2.78. The Morgan fingerprint density at radius 3 is 2.28 bits per heavy atom. The van der Waals surface area contributed by atoms with E-state index in [0.717, 1.165) is 32.7 Å². The number of hydrogen-bond acceptors (Lipinski definition) is 6. The highest BCUT2D eigenvalue weighted by molar-refractivity contribution is 5.69. The normalized spacial score (nSPS) is 11.2. The highest BCUT2D eigenvalue weighted by Crippen LogP contribution is 1.86. The van der Waals surface area contributed by atoms with Gasteiger partial charge in [-0.3, -0.25) is 4.79 Å². The Kier molecular flexibility index (Phi) is 11.0.